The van der Waals surface area contributed by atoms with Gasteiger partial charge in [-0.15, -0.1) is 0 Å². The molecule has 0 radical (unpaired) electrons. The molecule has 1 amide bonds. The van der Waals surface area contributed by atoms with E-state index >= 15 is 0 Å². The van der Waals surface area contributed by atoms with Crippen LogP contribution in [0.1, 0.15) is 46.5 Å². The smallest absolute Gasteiger partial charge is 0.329 e. The maximum atomic E-state index is 12.7. The van der Waals surface area contributed by atoms with E-state index in [2.05, 4.69) is 0 Å². The Morgan fingerprint density at radius 2 is 1.94 bits per heavy atom. The number of rotatable bonds is 5. The van der Waals surface area contributed by atoms with E-state index < -0.39 is 16.9 Å². The monoisotopic (exact) mass is 256 g/mol. The van der Waals surface area contributed by atoms with E-state index in [1.54, 1.807) is 6.92 Å². The summed E-state index contributed by atoms with van der Waals surface area (Å²) >= 11 is 0. The van der Waals surface area contributed by atoms with Gasteiger partial charge in [0, 0.05) is 13.1 Å². The van der Waals surface area contributed by atoms with Crippen molar-refractivity contribution in [1.82, 2.24) is 4.90 Å². The maximum Gasteiger partial charge on any atom is 0.329 e. The molecule has 1 aliphatic heterocycles. The minimum atomic E-state index is -1.07. The lowest BCUT2D eigenvalue weighted by Crippen LogP contribution is -2.56. The second-order valence-electron chi connectivity index (χ2n) is 5.33. The van der Waals surface area contributed by atoms with Gasteiger partial charge in [0.1, 0.15) is 5.54 Å². The van der Waals surface area contributed by atoms with E-state index in [0.29, 0.717) is 25.8 Å². The minimum absolute atomic E-state index is 0.0996. The molecule has 1 saturated heterocycles. The van der Waals surface area contributed by atoms with Crippen LogP contribution < -0.4 is 5.73 Å². The molecule has 0 spiro atoms. The Bertz CT molecular complexity index is 331. The third-order valence-electron chi connectivity index (χ3n) is 4.54. The van der Waals surface area contributed by atoms with Crippen molar-refractivity contribution in [3.63, 3.8) is 0 Å². The summed E-state index contributed by atoms with van der Waals surface area (Å²) in [6, 6.07) is 0. The first kappa shape index (κ1) is 15.0. The molecule has 1 rings (SSSR count). The number of nitrogens with zero attached hydrogens (tertiary/aromatic N) is 1. The van der Waals surface area contributed by atoms with Crippen LogP contribution in [-0.2, 0) is 9.59 Å². The lowest BCUT2D eigenvalue weighted by Gasteiger charge is -2.39. The predicted octanol–water partition coefficient (Wildman–Crippen LogP) is 1.22. The van der Waals surface area contributed by atoms with Crippen LogP contribution in [-0.4, -0.2) is 40.5 Å². The van der Waals surface area contributed by atoms with Crippen LogP contribution in [0.3, 0.4) is 0 Å². The first-order valence-electron chi connectivity index (χ1n) is 6.63. The Morgan fingerprint density at radius 3 is 2.33 bits per heavy atom. The van der Waals surface area contributed by atoms with Crippen LogP contribution in [0, 0.1) is 5.41 Å². The average Bonchev–Trinajstić information content (AvgIpc) is 2.75. The highest BCUT2D eigenvalue weighted by atomic mass is 16.4. The molecule has 0 saturated carbocycles. The molecule has 18 heavy (non-hydrogen) atoms. The number of carbonyl (C=O) groups excluding carboxylic acids is 1. The van der Waals surface area contributed by atoms with Crippen LogP contribution in [0.25, 0.3) is 0 Å². The number of hydrogen-bond donors (Lipinski definition) is 2. The standard InChI is InChI=1S/C13H24N2O3/c1-4-13(5-2,9-14)10(16)15-8-6-7-12(15,3)11(17)18/h4-9,14H2,1-3H3,(H,17,18). The molecule has 1 atom stereocenters. The lowest BCUT2D eigenvalue weighted by molar-refractivity contribution is -0.160. The van der Waals surface area contributed by atoms with Crippen molar-refractivity contribution in [1.29, 1.82) is 0 Å². The SMILES string of the molecule is CCC(CC)(CN)C(=O)N1CCCC1(C)C(=O)O. The molecule has 0 aromatic rings. The Balaban J connectivity index is 3.06. The first-order valence-corrected chi connectivity index (χ1v) is 6.63. The van der Waals surface area contributed by atoms with Gasteiger partial charge in [-0.1, -0.05) is 13.8 Å². The maximum absolute atomic E-state index is 12.7. The molecule has 3 N–H and O–H groups in total. The van der Waals surface area contributed by atoms with E-state index in [1.807, 2.05) is 13.8 Å². The number of nitrogens with two attached hydrogens (primary N) is 1. The molecule has 104 valence electrons. The predicted molar refractivity (Wildman–Crippen MR) is 69.1 cm³/mol. The van der Waals surface area contributed by atoms with Gasteiger partial charge in [0.25, 0.3) is 0 Å². The highest BCUT2D eigenvalue weighted by Gasteiger charge is 2.50. The van der Waals surface area contributed by atoms with E-state index in [0.717, 1.165) is 6.42 Å². The second kappa shape index (κ2) is 5.26. The average molecular weight is 256 g/mol. The fourth-order valence-corrected chi connectivity index (χ4v) is 2.73. The second-order valence-corrected chi connectivity index (χ2v) is 5.33. The number of likely N-dealkylation sites (tertiary alicyclic amines) is 1. The highest BCUT2D eigenvalue weighted by molar-refractivity contribution is 5.90. The van der Waals surface area contributed by atoms with Gasteiger partial charge in [-0.05, 0) is 32.6 Å². The van der Waals surface area contributed by atoms with E-state index in [9.17, 15) is 14.7 Å². The Kier molecular flexibility index (Phi) is 4.37. The van der Waals surface area contributed by atoms with Crippen molar-refractivity contribution in [2.24, 2.45) is 11.1 Å². The van der Waals surface area contributed by atoms with Gasteiger partial charge in [0.15, 0.2) is 0 Å². The molecule has 1 unspecified atom stereocenters. The van der Waals surface area contributed by atoms with E-state index in [4.69, 9.17) is 5.73 Å². The van der Waals surface area contributed by atoms with Crippen molar-refractivity contribution in [3.8, 4) is 0 Å². The molecule has 1 heterocycles. The zero-order valence-corrected chi connectivity index (χ0v) is 11.5. The van der Waals surface area contributed by atoms with Gasteiger partial charge < -0.3 is 15.7 Å². The Labute approximate surface area is 108 Å². The summed E-state index contributed by atoms with van der Waals surface area (Å²) in [6.45, 7) is 6.28. The number of amides is 1. The van der Waals surface area contributed by atoms with Crippen molar-refractivity contribution in [3.05, 3.63) is 0 Å². The van der Waals surface area contributed by atoms with Crippen LogP contribution in [0.15, 0.2) is 0 Å². The number of carboxylic acids is 1. The summed E-state index contributed by atoms with van der Waals surface area (Å²) in [5, 5.41) is 9.35. The number of hydrogen-bond acceptors (Lipinski definition) is 3. The number of carbonyl (C=O) groups is 2. The fraction of sp³-hybridized carbons (Fsp3) is 0.846. The summed E-state index contributed by atoms with van der Waals surface area (Å²) in [6.07, 6.45) is 2.54. The third-order valence-corrected chi connectivity index (χ3v) is 4.54. The quantitative estimate of drug-likeness (QED) is 0.774. The number of aliphatic carboxylic acids is 1. The van der Waals surface area contributed by atoms with E-state index in [1.165, 1.54) is 4.90 Å². The van der Waals surface area contributed by atoms with E-state index in [-0.39, 0.29) is 12.5 Å². The zero-order chi connectivity index (χ0) is 14.0. The van der Waals surface area contributed by atoms with Crippen LogP contribution in [0.2, 0.25) is 0 Å². The molecule has 1 aliphatic rings. The molecule has 0 aromatic heterocycles. The fourth-order valence-electron chi connectivity index (χ4n) is 2.73. The highest BCUT2D eigenvalue weighted by Crippen LogP contribution is 2.36. The van der Waals surface area contributed by atoms with Gasteiger partial charge in [0.05, 0.1) is 5.41 Å². The zero-order valence-electron chi connectivity index (χ0n) is 11.5. The minimum Gasteiger partial charge on any atom is -0.480 e. The summed E-state index contributed by atoms with van der Waals surface area (Å²) in [5.74, 6) is -1.02. The lowest BCUT2D eigenvalue weighted by atomic mass is 9.80. The Hall–Kier alpha value is -1.10. The molecular formula is C13H24N2O3. The van der Waals surface area contributed by atoms with Crippen LogP contribution in [0.5, 0.6) is 0 Å². The largest absolute Gasteiger partial charge is 0.480 e. The summed E-state index contributed by atoms with van der Waals surface area (Å²) in [5.41, 5.74) is 4.09. The topological polar surface area (TPSA) is 83.6 Å². The van der Waals surface area contributed by atoms with Gasteiger partial charge in [-0.25, -0.2) is 4.79 Å². The molecule has 1 fully saturated rings. The molecule has 0 aliphatic carbocycles. The first-order chi connectivity index (χ1) is 8.38. The van der Waals surface area contributed by atoms with Crippen LogP contribution in [0.4, 0.5) is 0 Å². The summed E-state index contributed by atoms with van der Waals surface area (Å²) < 4.78 is 0. The molecule has 0 bridgehead atoms. The molecule has 5 heteroatoms. The summed E-state index contributed by atoms with van der Waals surface area (Å²) in [4.78, 5) is 25.6. The molecule has 0 aromatic carbocycles. The van der Waals surface area contributed by atoms with Gasteiger partial charge >= 0.3 is 5.97 Å². The van der Waals surface area contributed by atoms with Crippen LogP contribution >= 0.6 is 0 Å². The molecular weight excluding hydrogens is 232 g/mol. The molecule has 5 nitrogen and oxygen atoms in total. The number of carboxylic acid groups (broad SMARTS) is 1. The normalized spacial score (nSPS) is 24.3. The Morgan fingerprint density at radius 1 is 1.39 bits per heavy atom. The summed E-state index contributed by atoms with van der Waals surface area (Å²) in [7, 11) is 0. The van der Waals surface area contributed by atoms with Gasteiger partial charge in [0.2, 0.25) is 5.91 Å². The van der Waals surface area contributed by atoms with Crippen molar-refractivity contribution in [2.45, 2.75) is 52.0 Å². The van der Waals surface area contributed by atoms with Gasteiger partial charge in [-0.2, -0.15) is 0 Å². The van der Waals surface area contributed by atoms with Crippen molar-refractivity contribution < 1.29 is 14.7 Å². The van der Waals surface area contributed by atoms with Gasteiger partial charge in [-0.3, -0.25) is 4.79 Å². The third kappa shape index (κ3) is 2.11. The van der Waals surface area contributed by atoms with Crippen molar-refractivity contribution in [2.75, 3.05) is 13.1 Å². The van der Waals surface area contributed by atoms with Crippen molar-refractivity contribution >= 4 is 11.9 Å².